The van der Waals surface area contributed by atoms with Crippen molar-refractivity contribution in [2.75, 3.05) is 0 Å². The first kappa shape index (κ1) is 13.6. The van der Waals surface area contributed by atoms with Crippen LogP contribution in [0.4, 0.5) is 0 Å². The maximum absolute atomic E-state index is 6.00. The van der Waals surface area contributed by atoms with Gasteiger partial charge in [-0.2, -0.15) is 0 Å². The number of halogens is 1. The first-order chi connectivity index (χ1) is 8.49. The summed E-state index contributed by atoms with van der Waals surface area (Å²) < 4.78 is 3.01. The normalized spacial score (nSPS) is 12.7. The molecule has 0 amide bonds. The lowest BCUT2D eigenvalue weighted by Gasteiger charge is -2.12. The molecule has 0 aliphatic carbocycles. The minimum absolute atomic E-state index is 0.0145. The lowest BCUT2D eigenvalue weighted by Crippen LogP contribution is -2.06. The summed E-state index contributed by atoms with van der Waals surface area (Å²) in [5.41, 5.74) is 7.11. The van der Waals surface area contributed by atoms with Crippen LogP contribution in [0.2, 0.25) is 0 Å². The highest BCUT2D eigenvalue weighted by molar-refractivity contribution is 9.10. The molecular formula is C12H15BrN4S. The molecule has 0 aliphatic heterocycles. The van der Waals surface area contributed by atoms with E-state index in [1.807, 2.05) is 31.5 Å². The first-order valence-corrected chi connectivity index (χ1v) is 7.19. The molecule has 0 aliphatic rings. The second-order valence-corrected chi connectivity index (χ2v) is 6.09. The molecule has 4 nitrogen and oxygen atoms in total. The number of nitrogens with two attached hydrogens (primary N) is 1. The molecule has 6 heteroatoms. The third-order valence-electron chi connectivity index (χ3n) is 2.72. The Balaban J connectivity index is 2.37. The molecule has 1 unspecified atom stereocenters. The molecule has 2 aromatic rings. The maximum atomic E-state index is 6.00. The molecule has 2 rings (SSSR count). The Kier molecular flexibility index (Phi) is 4.09. The topological polar surface area (TPSA) is 56.7 Å². The lowest BCUT2D eigenvalue weighted by atomic mass is 10.1. The standard InChI is InChI=1S/C12H15BrN4S/c1-7(14)10-6-9(13)4-5-11(10)18-12-16-15-8(2)17(12)3/h4-7H,14H2,1-3H3. The second kappa shape index (κ2) is 5.42. The van der Waals surface area contributed by atoms with Crippen molar-refractivity contribution >= 4 is 27.7 Å². The predicted molar refractivity (Wildman–Crippen MR) is 76.6 cm³/mol. The van der Waals surface area contributed by atoms with Crippen LogP contribution < -0.4 is 5.73 Å². The average Bonchev–Trinajstić information content (AvgIpc) is 2.63. The summed E-state index contributed by atoms with van der Waals surface area (Å²) in [6, 6.07) is 6.10. The zero-order valence-electron chi connectivity index (χ0n) is 10.5. The van der Waals surface area contributed by atoms with E-state index in [-0.39, 0.29) is 6.04 Å². The summed E-state index contributed by atoms with van der Waals surface area (Å²) in [5.74, 6) is 0.900. The predicted octanol–water partition coefficient (Wildman–Crippen LogP) is 3.06. The molecule has 0 saturated carbocycles. The summed E-state index contributed by atoms with van der Waals surface area (Å²) in [7, 11) is 1.96. The monoisotopic (exact) mass is 326 g/mol. The molecule has 0 bridgehead atoms. The van der Waals surface area contributed by atoms with Crippen LogP contribution in [0.5, 0.6) is 0 Å². The van der Waals surface area contributed by atoms with Gasteiger partial charge in [0.1, 0.15) is 5.82 Å². The largest absolute Gasteiger partial charge is 0.324 e. The van der Waals surface area contributed by atoms with Crippen molar-refractivity contribution < 1.29 is 0 Å². The van der Waals surface area contributed by atoms with E-state index < -0.39 is 0 Å². The van der Waals surface area contributed by atoms with Crippen molar-refractivity contribution in [3.05, 3.63) is 34.1 Å². The number of hydrogen-bond donors (Lipinski definition) is 1. The quantitative estimate of drug-likeness (QED) is 0.941. The van der Waals surface area contributed by atoms with Gasteiger partial charge in [0, 0.05) is 22.5 Å². The molecule has 0 saturated heterocycles. The number of rotatable bonds is 3. The molecule has 0 radical (unpaired) electrons. The Morgan fingerprint density at radius 2 is 2.11 bits per heavy atom. The minimum Gasteiger partial charge on any atom is -0.324 e. The van der Waals surface area contributed by atoms with E-state index >= 15 is 0 Å². The molecule has 1 aromatic heterocycles. The maximum Gasteiger partial charge on any atom is 0.195 e. The van der Waals surface area contributed by atoms with Gasteiger partial charge in [-0.1, -0.05) is 15.9 Å². The number of nitrogens with zero attached hydrogens (tertiary/aromatic N) is 3. The van der Waals surface area contributed by atoms with Gasteiger partial charge in [0.2, 0.25) is 0 Å². The fourth-order valence-electron chi connectivity index (χ4n) is 1.54. The fraction of sp³-hybridized carbons (Fsp3) is 0.333. The van der Waals surface area contributed by atoms with Crippen LogP contribution in [-0.4, -0.2) is 14.8 Å². The third kappa shape index (κ3) is 2.76. The second-order valence-electron chi connectivity index (χ2n) is 4.16. The van der Waals surface area contributed by atoms with Gasteiger partial charge in [-0.15, -0.1) is 10.2 Å². The third-order valence-corrected chi connectivity index (χ3v) is 4.34. The van der Waals surface area contributed by atoms with Crippen LogP contribution >= 0.6 is 27.7 Å². The van der Waals surface area contributed by atoms with Gasteiger partial charge < -0.3 is 10.3 Å². The number of benzene rings is 1. The highest BCUT2D eigenvalue weighted by atomic mass is 79.9. The van der Waals surface area contributed by atoms with Gasteiger partial charge in [-0.25, -0.2) is 0 Å². The zero-order chi connectivity index (χ0) is 13.3. The Labute approximate surface area is 119 Å². The molecular weight excluding hydrogens is 312 g/mol. The summed E-state index contributed by atoms with van der Waals surface area (Å²) in [4.78, 5) is 1.11. The molecule has 1 heterocycles. The average molecular weight is 327 g/mol. The summed E-state index contributed by atoms with van der Waals surface area (Å²) in [6.07, 6.45) is 0. The molecule has 0 fully saturated rings. The molecule has 1 atom stereocenters. The zero-order valence-corrected chi connectivity index (χ0v) is 12.9. The van der Waals surface area contributed by atoms with Crippen LogP contribution in [0, 0.1) is 6.92 Å². The van der Waals surface area contributed by atoms with Crippen molar-refractivity contribution in [1.82, 2.24) is 14.8 Å². The van der Waals surface area contributed by atoms with Crippen molar-refractivity contribution in [1.29, 1.82) is 0 Å². The summed E-state index contributed by atoms with van der Waals surface area (Å²) >= 11 is 5.06. The van der Waals surface area contributed by atoms with Crippen LogP contribution in [0.1, 0.15) is 24.4 Å². The van der Waals surface area contributed by atoms with Gasteiger partial charge in [0.15, 0.2) is 5.16 Å². The van der Waals surface area contributed by atoms with Crippen LogP contribution in [-0.2, 0) is 7.05 Å². The molecule has 18 heavy (non-hydrogen) atoms. The fourth-order valence-corrected chi connectivity index (χ4v) is 2.97. The summed E-state index contributed by atoms with van der Waals surface area (Å²) in [6.45, 7) is 3.92. The Morgan fingerprint density at radius 1 is 1.39 bits per heavy atom. The molecule has 0 spiro atoms. The van der Waals surface area contributed by atoms with Crippen molar-refractivity contribution in [3.63, 3.8) is 0 Å². The highest BCUT2D eigenvalue weighted by Gasteiger charge is 2.12. The Hall–Kier alpha value is -0.850. The van der Waals surface area contributed by atoms with Crippen LogP contribution in [0.3, 0.4) is 0 Å². The number of hydrogen-bond acceptors (Lipinski definition) is 4. The highest BCUT2D eigenvalue weighted by Crippen LogP contribution is 2.33. The smallest absolute Gasteiger partial charge is 0.195 e. The van der Waals surface area contributed by atoms with Crippen molar-refractivity contribution in [2.45, 2.75) is 29.9 Å². The Morgan fingerprint density at radius 3 is 2.67 bits per heavy atom. The minimum atomic E-state index is -0.0145. The molecule has 2 N–H and O–H groups in total. The van der Waals surface area contributed by atoms with Gasteiger partial charge >= 0.3 is 0 Å². The first-order valence-electron chi connectivity index (χ1n) is 5.58. The van der Waals surface area contributed by atoms with Crippen LogP contribution in [0.15, 0.2) is 32.7 Å². The van der Waals surface area contributed by atoms with E-state index in [0.717, 1.165) is 25.9 Å². The van der Waals surface area contributed by atoms with Gasteiger partial charge in [-0.3, -0.25) is 0 Å². The van der Waals surface area contributed by atoms with E-state index in [1.165, 1.54) is 0 Å². The van der Waals surface area contributed by atoms with Gasteiger partial charge in [-0.05, 0) is 49.4 Å². The number of aryl methyl sites for hydroxylation is 1. The molecule has 96 valence electrons. The van der Waals surface area contributed by atoms with E-state index in [4.69, 9.17) is 5.73 Å². The van der Waals surface area contributed by atoms with Gasteiger partial charge in [0.25, 0.3) is 0 Å². The van der Waals surface area contributed by atoms with Crippen molar-refractivity contribution in [2.24, 2.45) is 12.8 Å². The van der Waals surface area contributed by atoms with Crippen molar-refractivity contribution in [3.8, 4) is 0 Å². The SMILES string of the molecule is Cc1nnc(Sc2ccc(Br)cc2C(C)N)n1C. The number of aromatic nitrogens is 3. The lowest BCUT2D eigenvalue weighted by molar-refractivity contribution is 0.761. The van der Waals surface area contributed by atoms with E-state index in [1.54, 1.807) is 11.8 Å². The Bertz CT molecular complexity index is 565. The van der Waals surface area contributed by atoms with Crippen LogP contribution in [0.25, 0.3) is 0 Å². The molecule has 1 aromatic carbocycles. The van der Waals surface area contributed by atoms with Gasteiger partial charge in [0.05, 0.1) is 0 Å². The summed E-state index contributed by atoms with van der Waals surface area (Å²) in [5, 5.41) is 9.08. The van der Waals surface area contributed by atoms with E-state index in [9.17, 15) is 0 Å². The van der Waals surface area contributed by atoms with E-state index in [0.29, 0.717) is 0 Å². The van der Waals surface area contributed by atoms with E-state index in [2.05, 4.69) is 38.3 Å².